The molecule has 2 fully saturated rings. The van der Waals surface area contributed by atoms with E-state index < -0.39 is 0 Å². The Bertz CT molecular complexity index is 225. The first-order valence-electron chi connectivity index (χ1n) is 6.56. The Balaban J connectivity index is 1.96. The molecule has 94 valence electrons. The highest BCUT2D eigenvalue weighted by Gasteiger charge is 2.41. The highest BCUT2D eigenvalue weighted by molar-refractivity contribution is 5.00. The van der Waals surface area contributed by atoms with Gasteiger partial charge in [-0.2, -0.15) is 0 Å². The van der Waals surface area contributed by atoms with Gasteiger partial charge in [-0.3, -0.25) is 4.90 Å². The number of rotatable bonds is 3. The van der Waals surface area contributed by atoms with Crippen LogP contribution in [0.3, 0.4) is 0 Å². The van der Waals surface area contributed by atoms with Crippen LogP contribution in [0.15, 0.2) is 0 Å². The lowest BCUT2D eigenvalue weighted by atomic mass is 9.95. The van der Waals surface area contributed by atoms with Crippen LogP contribution in [0, 0.1) is 0 Å². The minimum atomic E-state index is 0.272. The standard InChI is InChI=1S/C12H26N4/c1-3-15-6-8-16(9-7-15)12(10-13)4-5-14(2)11-12/h3-11,13H2,1-2H3. The van der Waals surface area contributed by atoms with Crippen LogP contribution < -0.4 is 5.73 Å². The number of likely N-dealkylation sites (tertiary alicyclic amines) is 1. The highest BCUT2D eigenvalue weighted by Crippen LogP contribution is 2.27. The lowest BCUT2D eigenvalue weighted by molar-refractivity contribution is 0.0440. The van der Waals surface area contributed by atoms with Crippen LogP contribution in [0.2, 0.25) is 0 Å². The Labute approximate surface area is 99.4 Å². The molecule has 0 aromatic carbocycles. The van der Waals surface area contributed by atoms with E-state index in [1.807, 2.05) is 0 Å². The minimum Gasteiger partial charge on any atom is -0.329 e. The van der Waals surface area contributed by atoms with Gasteiger partial charge in [0.15, 0.2) is 0 Å². The van der Waals surface area contributed by atoms with E-state index in [-0.39, 0.29) is 5.54 Å². The topological polar surface area (TPSA) is 35.7 Å². The molecule has 2 aliphatic heterocycles. The van der Waals surface area contributed by atoms with Crippen LogP contribution in [-0.2, 0) is 0 Å². The molecule has 0 saturated carbocycles. The third kappa shape index (κ3) is 2.25. The van der Waals surface area contributed by atoms with Crippen LogP contribution in [0.4, 0.5) is 0 Å². The summed E-state index contributed by atoms with van der Waals surface area (Å²) in [6.07, 6.45) is 1.24. The van der Waals surface area contributed by atoms with Crippen molar-refractivity contribution in [2.24, 2.45) is 5.73 Å². The first-order valence-corrected chi connectivity index (χ1v) is 6.56. The van der Waals surface area contributed by atoms with Gasteiger partial charge in [-0.15, -0.1) is 0 Å². The molecule has 2 rings (SSSR count). The van der Waals surface area contributed by atoms with Gasteiger partial charge in [0.25, 0.3) is 0 Å². The van der Waals surface area contributed by atoms with Gasteiger partial charge in [0.2, 0.25) is 0 Å². The molecule has 0 aromatic heterocycles. The lowest BCUT2D eigenvalue weighted by Crippen LogP contribution is -2.61. The second-order valence-electron chi connectivity index (χ2n) is 5.34. The van der Waals surface area contributed by atoms with Crippen molar-refractivity contribution in [2.75, 3.05) is 59.4 Å². The predicted octanol–water partition coefficient (Wildman–Crippen LogP) is -0.343. The number of nitrogens with two attached hydrogens (primary N) is 1. The minimum absolute atomic E-state index is 0.272. The smallest absolute Gasteiger partial charge is 0.0471 e. The van der Waals surface area contributed by atoms with Gasteiger partial charge in [-0.05, 0) is 26.6 Å². The van der Waals surface area contributed by atoms with Crippen molar-refractivity contribution in [3.63, 3.8) is 0 Å². The van der Waals surface area contributed by atoms with Crippen LogP contribution in [0.1, 0.15) is 13.3 Å². The molecule has 1 atom stereocenters. The van der Waals surface area contributed by atoms with E-state index in [0.717, 1.165) is 13.1 Å². The second kappa shape index (κ2) is 5.00. The summed E-state index contributed by atoms with van der Waals surface area (Å²) in [6.45, 7) is 11.4. The molecule has 0 radical (unpaired) electrons. The van der Waals surface area contributed by atoms with Gasteiger partial charge >= 0.3 is 0 Å². The summed E-state index contributed by atoms with van der Waals surface area (Å²) in [7, 11) is 2.21. The van der Waals surface area contributed by atoms with Crippen molar-refractivity contribution in [3.8, 4) is 0 Å². The quantitative estimate of drug-likeness (QED) is 0.714. The normalized spacial score (nSPS) is 34.7. The maximum Gasteiger partial charge on any atom is 0.0471 e. The molecular weight excluding hydrogens is 200 g/mol. The fraction of sp³-hybridized carbons (Fsp3) is 1.00. The molecule has 16 heavy (non-hydrogen) atoms. The molecule has 2 aliphatic rings. The molecule has 2 heterocycles. The second-order valence-corrected chi connectivity index (χ2v) is 5.34. The zero-order chi connectivity index (χ0) is 11.6. The van der Waals surface area contributed by atoms with Crippen molar-refractivity contribution in [2.45, 2.75) is 18.9 Å². The fourth-order valence-electron chi connectivity index (χ4n) is 3.15. The summed E-state index contributed by atoms with van der Waals surface area (Å²) in [4.78, 5) is 7.58. The van der Waals surface area contributed by atoms with Crippen molar-refractivity contribution in [1.82, 2.24) is 14.7 Å². The first kappa shape index (κ1) is 12.3. The average molecular weight is 226 g/mol. The summed E-state index contributed by atoms with van der Waals surface area (Å²) in [6, 6.07) is 0. The Hall–Kier alpha value is -0.160. The third-order valence-corrected chi connectivity index (χ3v) is 4.39. The van der Waals surface area contributed by atoms with Gasteiger partial charge in [-0.1, -0.05) is 6.92 Å². The Morgan fingerprint density at radius 2 is 1.81 bits per heavy atom. The third-order valence-electron chi connectivity index (χ3n) is 4.39. The van der Waals surface area contributed by atoms with Gasteiger partial charge < -0.3 is 15.5 Å². The van der Waals surface area contributed by atoms with Gasteiger partial charge in [0.05, 0.1) is 0 Å². The van der Waals surface area contributed by atoms with Crippen LogP contribution in [-0.4, -0.2) is 79.6 Å². The van der Waals surface area contributed by atoms with Gasteiger partial charge in [-0.25, -0.2) is 0 Å². The Kier molecular flexibility index (Phi) is 3.85. The molecule has 2 N–H and O–H groups in total. The summed E-state index contributed by atoms with van der Waals surface area (Å²) in [5, 5.41) is 0. The average Bonchev–Trinajstić information content (AvgIpc) is 2.72. The predicted molar refractivity (Wildman–Crippen MR) is 67.6 cm³/mol. The number of likely N-dealkylation sites (N-methyl/N-ethyl adjacent to an activating group) is 2. The molecule has 0 spiro atoms. The Morgan fingerprint density at radius 1 is 1.12 bits per heavy atom. The van der Waals surface area contributed by atoms with E-state index in [2.05, 4.69) is 28.7 Å². The largest absolute Gasteiger partial charge is 0.329 e. The number of hydrogen-bond donors (Lipinski definition) is 1. The Morgan fingerprint density at radius 3 is 2.25 bits per heavy atom. The first-order chi connectivity index (χ1) is 7.70. The van der Waals surface area contributed by atoms with Crippen molar-refractivity contribution in [1.29, 1.82) is 0 Å². The van der Waals surface area contributed by atoms with Crippen LogP contribution in [0.25, 0.3) is 0 Å². The lowest BCUT2D eigenvalue weighted by Gasteiger charge is -2.45. The molecule has 0 amide bonds. The van der Waals surface area contributed by atoms with E-state index in [0.29, 0.717) is 0 Å². The molecule has 0 aliphatic carbocycles. The van der Waals surface area contributed by atoms with E-state index in [4.69, 9.17) is 5.73 Å². The summed E-state index contributed by atoms with van der Waals surface area (Å²) in [5.41, 5.74) is 6.32. The number of nitrogens with zero attached hydrogens (tertiary/aromatic N) is 3. The zero-order valence-corrected chi connectivity index (χ0v) is 10.8. The van der Waals surface area contributed by atoms with Gasteiger partial charge in [0.1, 0.15) is 0 Å². The number of piperazine rings is 1. The van der Waals surface area contributed by atoms with Crippen molar-refractivity contribution < 1.29 is 0 Å². The number of hydrogen-bond acceptors (Lipinski definition) is 4. The summed E-state index contributed by atoms with van der Waals surface area (Å²) in [5.74, 6) is 0. The fourth-order valence-corrected chi connectivity index (χ4v) is 3.15. The summed E-state index contributed by atoms with van der Waals surface area (Å²) < 4.78 is 0. The molecule has 1 unspecified atom stereocenters. The molecule has 2 saturated heterocycles. The zero-order valence-electron chi connectivity index (χ0n) is 10.8. The maximum atomic E-state index is 6.05. The molecule has 0 bridgehead atoms. The molecular formula is C12H26N4. The van der Waals surface area contributed by atoms with E-state index in [1.54, 1.807) is 0 Å². The maximum absolute atomic E-state index is 6.05. The van der Waals surface area contributed by atoms with E-state index in [1.165, 1.54) is 45.7 Å². The molecule has 0 aromatic rings. The monoisotopic (exact) mass is 226 g/mol. The highest BCUT2D eigenvalue weighted by atomic mass is 15.3. The SMILES string of the molecule is CCN1CCN(C2(CN)CCN(C)C2)CC1. The van der Waals surface area contributed by atoms with Gasteiger partial charge in [0, 0.05) is 44.8 Å². The molecule has 4 heteroatoms. The van der Waals surface area contributed by atoms with E-state index >= 15 is 0 Å². The van der Waals surface area contributed by atoms with Crippen LogP contribution >= 0.6 is 0 Å². The van der Waals surface area contributed by atoms with Crippen LogP contribution in [0.5, 0.6) is 0 Å². The molecule has 4 nitrogen and oxygen atoms in total. The van der Waals surface area contributed by atoms with Crippen molar-refractivity contribution in [3.05, 3.63) is 0 Å². The summed E-state index contributed by atoms with van der Waals surface area (Å²) >= 11 is 0. The van der Waals surface area contributed by atoms with Crippen molar-refractivity contribution >= 4 is 0 Å². The van der Waals surface area contributed by atoms with E-state index in [9.17, 15) is 0 Å².